The number of hydrogen-bond donors (Lipinski definition) is 1. The first kappa shape index (κ1) is 16.5. The van der Waals surface area contributed by atoms with Crippen LogP contribution in [0.3, 0.4) is 0 Å². The summed E-state index contributed by atoms with van der Waals surface area (Å²) in [7, 11) is 0. The van der Waals surface area contributed by atoms with Gasteiger partial charge in [-0.25, -0.2) is 0 Å². The van der Waals surface area contributed by atoms with Crippen molar-refractivity contribution in [3.63, 3.8) is 0 Å². The number of piperidine rings is 1. The zero-order valence-electron chi connectivity index (χ0n) is 13.5. The fraction of sp³-hybridized carbons (Fsp3) is 0.556. The molecule has 4 nitrogen and oxygen atoms in total. The van der Waals surface area contributed by atoms with Crippen molar-refractivity contribution in [1.82, 2.24) is 10.2 Å². The van der Waals surface area contributed by atoms with Gasteiger partial charge in [-0.15, -0.1) is 0 Å². The van der Waals surface area contributed by atoms with Gasteiger partial charge in [-0.2, -0.15) is 0 Å². The molecule has 1 heterocycles. The highest BCUT2D eigenvalue weighted by molar-refractivity contribution is 5.94. The summed E-state index contributed by atoms with van der Waals surface area (Å²) in [5, 5.41) is 3.08. The summed E-state index contributed by atoms with van der Waals surface area (Å²) in [5.74, 6) is 0.697. The van der Waals surface area contributed by atoms with E-state index in [1.54, 1.807) is 0 Å². The second kappa shape index (κ2) is 7.97. The van der Waals surface area contributed by atoms with Crippen LogP contribution < -0.4 is 5.32 Å². The van der Waals surface area contributed by atoms with E-state index in [0.29, 0.717) is 24.4 Å². The fourth-order valence-electron chi connectivity index (χ4n) is 2.76. The zero-order valence-corrected chi connectivity index (χ0v) is 13.5. The van der Waals surface area contributed by atoms with Crippen molar-refractivity contribution in [1.29, 1.82) is 0 Å². The van der Waals surface area contributed by atoms with Gasteiger partial charge >= 0.3 is 0 Å². The van der Waals surface area contributed by atoms with Crippen LogP contribution >= 0.6 is 0 Å². The summed E-state index contributed by atoms with van der Waals surface area (Å²) in [6.07, 6.45) is 3.37. The Morgan fingerprint density at radius 3 is 2.68 bits per heavy atom. The Labute approximate surface area is 132 Å². The monoisotopic (exact) mass is 302 g/mol. The summed E-state index contributed by atoms with van der Waals surface area (Å²) < 4.78 is 0. The highest BCUT2D eigenvalue weighted by Gasteiger charge is 2.25. The summed E-state index contributed by atoms with van der Waals surface area (Å²) in [5.41, 5.74) is 0.717. The minimum absolute atomic E-state index is 0.0572. The van der Waals surface area contributed by atoms with E-state index in [-0.39, 0.29) is 17.9 Å². The standard InChI is InChI=1S/C18H26N2O2/c1-14(2)10-11-17(21)19-16-9-6-12-20(13-16)18(22)15-7-4-3-5-8-15/h3-5,7-8,14,16H,6,9-13H2,1-2H3,(H,19,21). The minimum Gasteiger partial charge on any atom is -0.352 e. The van der Waals surface area contributed by atoms with Crippen LogP contribution in [0.4, 0.5) is 0 Å². The van der Waals surface area contributed by atoms with Crippen LogP contribution in [0.2, 0.25) is 0 Å². The molecular weight excluding hydrogens is 276 g/mol. The van der Waals surface area contributed by atoms with Crippen LogP contribution in [-0.2, 0) is 4.79 Å². The van der Waals surface area contributed by atoms with Gasteiger partial charge in [0.1, 0.15) is 0 Å². The van der Waals surface area contributed by atoms with E-state index in [9.17, 15) is 9.59 Å². The van der Waals surface area contributed by atoms with Crippen LogP contribution in [0.25, 0.3) is 0 Å². The number of nitrogens with zero attached hydrogens (tertiary/aromatic N) is 1. The molecule has 1 fully saturated rings. The Kier molecular flexibility index (Phi) is 5.99. The van der Waals surface area contributed by atoms with Crippen LogP contribution in [-0.4, -0.2) is 35.8 Å². The molecule has 1 atom stereocenters. The van der Waals surface area contributed by atoms with Gasteiger partial charge in [0.2, 0.25) is 5.91 Å². The lowest BCUT2D eigenvalue weighted by Crippen LogP contribution is -2.49. The molecule has 1 aromatic carbocycles. The van der Waals surface area contributed by atoms with Crippen LogP contribution in [0.15, 0.2) is 30.3 Å². The summed E-state index contributed by atoms with van der Waals surface area (Å²) in [6.45, 7) is 5.62. The molecule has 1 N–H and O–H groups in total. The number of amides is 2. The first-order chi connectivity index (χ1) is 10.6. The molecule has 120 valence electrons. The molecular formula is C18H26N2O2. The molecule has 2 rings (SSSR count). The maximum Gasteiger partial charge on any atom is 0.253 e. The predicted molar refractivity (Wildman–Crippen MR) is 87.6 cm³/mol. The predicted octanol–water partition coefficient (Wildman–Crippen LogP) is 2.84. The topological polar surface area (TPSA) is 49.4 Å². The number of hydrogen-bond acceptors (Lipinski definition) is 2. The summed E-state index contributed by atoms with van der Waals surface area (Å²) in [6, 6.07) is 9.43. The van der Waals surface area contributed by atoms with Crippen molar-refractivity contribution >= 4 is 11.8 Å². The Hall–Kier alpha value is -1.84. The van der Waals surface area contributed by atoms with Crippen molar-refractivity contribution in [3.05, 3.63) is 35.9 Å². The van der Waals surface area contributed by atoms with E-state index >= 15 is 0 Å². The van der Waals surface area contributed by atoms with Gasteiger partial charge in [0.15, 0.2) is 0 Å². The molecule has 1 aliphatic rings. The van der Waals surface area contributed by atoms with Crippen LogP contribution in [0.5, 0.6) is 0 Å². The van der Waals surface area contributed by atoms with Crippen molar-refractivity contribution in [2.75, 3.05) is 13.1 Å². The van der Waals surface area contributed by atoms with E-state index in [1.807, 2.05) is 35.2 Å². The summed E-state index contributed by atoms with van der Waals surface area (Å²) in [4.78, 5) is 26.3. The molecule has 1 aliphatic heterocycles. The molecule has 4 heteroatoms. The van der Waals surface area contributed by atoms with Crippen molar-refractivity contribution in [3.8, 4) is 0 Å². The van der Waals surface area contributed by atoms with Gasteiger partial charge in [-0.3, -0.25) is 9.59 Å². The lowest BCUT2D eigenvalue weighted by molar-refractivity contribution is -0.122. The van der Waals surface area contributed by atoms with Crippen LogP contribution in [0, 0.1) is 5.92 Å². The van der Waals surface area contributed by atoms with Crippen molar-refractivity contribution in [2.24, 2.45) is 5.92 Å². The van der Waals surface area contributed by atoms with E-state index in [0.717, 1.165) is 25.8 Å². The van der Waals surface area contributed by atoms with E-state index in [2.05, 4.69) is 19.2 Å². The molecule has 22 heavy (non-hydrogen) atoms. The van der Waals surface area contributed by atoms with E-state index in [4.69, 9.17) is 0 Å². The largest absolute Gasteiger partial charge is 0.352 e. The first-order valence-corrected chi connectivity index (χ1v) is 8.20. The number of rotatable bonds is 5. The van der Waals surface area contributed by atoms with Gasteiger partial charge in [0.25, 0.3) is 5.91 Å². The lowest BCUT2D eigenvalue weighted by atomic mass is 10.0. The van der Waals surface area contributed by atoms with Crippen LogP contribution in [0.1, 0.15) is 49.9 Å². The highest BCUT2D eigenvalue weighted by Crippen LogP contribution is 2.14. The van der Waals surface area contributed by atoms with Gasteiger partial charge in [0.05, 0.1) is 0 Å². The van der Waals surface area contributed by atoms with Gasteiger partial charge in [-0.1, -0.05) is 32.0 Å². The molecule has 0 aliphatic carbocycles. The Morgan fingerprint density at radius 1 is 1.27 bits per heavy atom. The highest BCUT2D eigenvalue weighted by atomic mass is 16.2. The van der Waals surface area contributed by atoms with Crippen molar-refractivity contribution < 1.29 is 9.59 Å². The van der Waals surface area contributed by atoms with E-state index in [1.165, 1.54) is 0 Å². The van der Waals surface area contributed by atoms with Gasteiger partial charge in [0, 0.05) is 31.1 Å². The molecule has 0 spiro atoms. The number of likely N-dealkylation sites (tertiary alicyclic amines) is 1. The maximum absolute atomic E-state index is 12.5. The smallest absolute Gasteiger partial charge is 0.253 e. The second-order valence-corrected chi connectivity index (χ2v) is 6.46. The average Bonchev–Trinajstić information content (AvgIpc) is 2.53. The van der Waals surface area contributed by atoms with Gasteiger partial charge in [-0.05, 0) is 37.3 Å². The normalized spacial score (nSPS) is 18.3. The molecule has 2 amide bonds. The number of carbonyl (C=O) groups is 2. The SMILES string of the molecule is CC(C)CCC(=O)NC1CCCN(C(=O)c2ccccc2)C1. The number of nitrogens with one attached hydrogen (secondary N) is 1. The third kappa shape index (κ3) is 4.86. The lowest BCUT2D eigenvalue weighted by Gasteiger charge is -2.33. The molecule has 0 radical (unpaired) electrons. The van der Waals surface area contributed by atoms with Gasteiger partial charge < -0.3 is 10.2 Å². The molecule has 1 saturated heterocycles. The van der Waals surface area contributed by atoms with E-state index < -0.39 is 0 Å². The second-order valence-electron chi connectivity index (χ2n) is 6.46. The molecule has 0 saturated carbocycles. The maximum atomic E-state index is 12.5. The molecule has 0 bridgehead atoms. The Balaban J connectivity index is 1.86. The molecule has 1 aromatic rings. The Morgan fingerprint density at radius 2 is 2.00 bits per heavy atom. The number of carbonyl (C=O) groups excluding carboxylic acids is 2. The fourth-order valence-corrected chi connectivity index (χ4v) is 2.76. The zero-order chi connectivity index (χ0) is 15.9. The molecule has 1 unspecified atom stereocenters. The molecule has 0 aromatic heterocycles. The first-order valence-electron chi connectivity index (χ1n) is 8.20. The third-order valence-electron chi connectivity index (χ3n) is 4.04. The minimum atomic E-state index is 0.0572. The van der Waals surface area contributed by atoms with Crippen molar-refractivity contribution in [2.45, 2.75) is 45.6 Å². The quantitative estimate of drug-likeness (QED) is 0.909. The third-order valence-corrected chi connectivity index (χ3v) is 4.04. The Bertz CT molecular complexity index is 499. The summed E-state index contributed by atoms with van der Waals surface area (Å²) >= 11 is 0. The number of benzene rings is 1. The average molecular weight is 302 g/mol.